The molecule has 1 heterocycles. The molecule has 1 aromatic heterocycles. The number of thiophene rings is 1. The van der Waals surface area contributed by atoms with Crippen molar-refractivity contribution in [3.8, 4) is 11.5 Å². The van der Waals surface area contributed by atoms with E-state index in [4.69, 9.17) is 19.7 Å². The molecule has 0 fully saturated rings. The van der Waals surface area contributed by atoms with Crippen molar-refractivity contribution < 1.29 is 29.3 Å². The number of carbonyl (C=O) groups excluding carboxylic acids is 1. The number of carbonyl (C=O) groups is 2. The molecule has 1 atom stereocenters. The molecule has 7 heteroatoms. The molecule has 0 radical (unpaired) electrons. The number of aliphatic hydroxyl groups is 1. The topological polar surface area (TPSA) is 93.1 Å². The van der Waals surface area contributed by atoms with Crippen LogP contribution in [0.5, 0.6) is 11.5 Å². The van der Waals surface area contributed by atoms with Crippen LogP contribution < -0.4 is 9.47 Å². The molecule has 1 aromatic carbocycles. The summed E-state index contributed by atoms with van der Waals surface area (Å²) >= 11 is 1.29. The minimum atomic E-state index is -0.985. The molecule has 2 rings (SSSR count). The number of benzene rings is 1. The number of carboxylic acid groups (broad SMARTS) is 1. The van der Waals surface area contributed by atoms with E-state index in [0.717, 1.165) is 10.1 Å². The second-order valence-corrected chi connectivity index (χ2v) is 6.17. The maximum absolute atomic E-state index is 12.2. The average molecular weight is 338 g/mol. The van der Waals surface area contributed by atoms with Crippen molar-refractivity contribution in [2.75, 3.05) is 20.3 Å². The van der Waals surface area contributed by atoms with Crippen molar-refractivity contribution in [3.05, 3.63) is 23.1 Å². The molecule has 0 aliphatic heterocycles. The first-order chi connectivity index (χ1) is 11.0. The summed E-state index contributed by atoms with van der Waals surface area (Å²) in [5.74, 6) is -0.889. The Balaban J connectivity index is 2.30. The lowest BCUT2D eigenvalue weighted by Gasteiger charge is -2.09. The number of ether oxygens (including phenoxy) is 2. The number of methoxy groups -OCH3 is 1. The lowest BCUT2D eigenvalue weighted by atomic mass is 10.0. The zero-order chi connectivity index (χ0) is 17.0. The van der Waals surface area contributed by atoms with E-state index >= 15 is 0 Å². The van der Waals surface area contributed by atoms with Gasteiger partial charge in [-0.15, -0.1) is 11.3 Å². The van der Waals surface area contributed by atoms with Crippen LogP contribution >= 0.6 is 11.3 Å². The van der Waals surface area contributed by atoms with E-state index in [-0.39, 0.29) is 25.4 Å². The summed E-state index contributed by atoms with van der Waals surface area (Å²) in [6.45, 7) is 1.55. The molecule has 1 unspecified atom stereocenters. The van der Waals surface area contributed by atoms with Crippen molar-refractivity contribution in [2.45, 2.75) is 13.3 Å². The number of hydrogen-bond acceptors (Lipinski definition) is 6. The zero-order valence-corrected chi connectivity index (χ0v) is 13.7. The van der Waals surface area contributed by atoms with E-state index < -0.39 is 11.9 Å². The Morgan fingerprint density at radius 3 is 2.61 bits per heavy atom. The third kappa shape index (κ3) is 4.00. The van der Waals surface area contributed by atoms with Crippen molar-refractivity contribution in [3.63, 3.8) is 0 Å². The van der Waals surface area contributed by atoms with Crippen LogP contribution in [0.4, 0.5) is 0 Å². The van der Waals surface area contributed by atoms with E-state index in [1.165, 1.54) is 25.4 Å². The number of hydrogen-bond donors (Lipinski definition) is 2. The Kier molecular flexibility index (Phi) is 5.57. The molecule has 0 aliphatic carbocycles. The average Bonchev–Trinajstić information content (AvgIpc) is 2.94. The van der Waals surface area contributed by atoms with E-state index in [1.54, 1.807) is 18.2 Å². The standard InChI is InChI=1S/C16H18O6S/c1-9(16(19)20)5-11(18)15-7-10-6-12(21-2)13(22-4-3-17)8-14(10)23-15/h6-9,17H,3-5H2,1-2H3,(H,19,20). The number of carboxylic acids is 1. The van der Waals surface area contributed by atoms with Gasteiger partial charge in [-0.05, 0) is 17.5 Å². The van der Waals surface area contributed by atoms with Crippen LogP contribution in [-0.2, 0) is 4.79 Å². The minimum absolute atomic E-state index is 0.0346. The molecule has 124 valence electrons. The van der Waals surface area contributed by atoms with E-state index in [2.05, 4.69) is 0 Å². The predicted molar refractivity (Wildman–Crippen MR) is 86.7 cm³/mol. The maximum atomic E-state index is 12.2. The Morgan fingerprint density at radius 2 is 2.00 bits per heavy atom. The van der Waals surface area contributed by atoms with Gasteiger partial charge in [-0.25, -0.2) is 0 Å². The van der Waals surface area contributed by atoms with Crippen LogP contribution in [0.25, 0.3) is 10.1 Å². The highest BCUT2D eigenvalue weighted by Crippen LogP contribution is 2.37. The van der Waals surface area contributed by atoms with Gasteiger partial charge < -0.3 is 19.7 Å². The molecule has 0 saturated heterocycles. The van der Waals surface area contributed by atoms with Crippen molar-refractivity contribution in [1.29, 1.82) is 0 Å². The molecule has 0 spiro atoms. The zero-order valence-electron chi connectivity index (χ0n) is 12.9. The quantitative estimate of drug-likeness (QED) is 0.719. The monoisotopic (exact) mass is 338 g/mol. The van der Waals surface area contributed by atoms with Gasteiger partial charge in [-0.1, -0.05) is 6.92 Å². The number of aliphatic hydroxyl groups excluding tert-OH is 1. The predicted octanol–water partition coefficient (Wildman–Crippen LogP) is 2.57. The fraction of sp³-hybridized carbons (Fsp3) is 0.375. The summed E-state index contributed by atoms with van der Waals surface area (Å²) in [6.07, 6.45) is -0.0346. The van der Waals surface area contributed by atoms with Crippen LogP contribution in [0.15, 0.2) is 18.2 Å². The largest absolute Gasteiger partial charge is 0.493 e. The fourth-order valence-corrected chi connectivity index (χ4v) is 3.10. The highest BCUT2D eigenvalue weighted by molar-refractivity contribution is 7.20. The summed E-state index contributed by atoms with van der Waals surface area (Å²) in [4.78, 5) is 23.6. The highest BCUT2D eigenvalue weighted by atomic mass is 32.1. The second-order valence-electron chi connectivity index (χ2n) is 5.09. The Morgan fingerprint density at radius 1 is 1.26 bits per heavy atom. The van der Waals surface area contributed by atoms with Crippen molar-refractivity contribution in [1.82, 2.24) is 0 Å². The molecule has 0 bridgehead atoms. The molecular weight excluding hydrogens is 320 g/mol. The van der Waals surface area contributed by atoms with E-state index in [0.29, 0.717) is 16.4 Å². The first-order valence-electron chi connectivity index (χ1n) is 7.07. The number of ketones is 1. The lowest BCUT2D eigenvalue weighted by molar-refractivity contribution is -0.141. The van der Waals surface area contributed by atoms with E-state index in [9.17, 15) is 9.59 Å². The SMILES string of the molecule is COc1cc2cc(C(=O)CC(C)C(=O)O)sc2cc1OCCO. The van der Waals surface area contributed by atoms with Gasteiger partial charge in [0.05, 0.1) is 24.5 Å². The molecule has 6 nitrogen and oxygen atoms in total. The van der Waals surface area contributed by atoms with Crippen LogP contribution in [0.3, 0.4) is 0 Å². The third-order valence-corrected chi connectivity index (χ3v) is 4.48. The molecule has 0 saturated carbocycles. The van der Waals surface area contributed by atoms with Gasteiger partial charge in [0.2, 0.25) is 0 Å². The van der Waals surface area contributed by atoms with Crippen LogP contribution in [0.2, 0.25) is 0 Å². The molecule has 2 N–H and O–H groups in total. The first kappa shape index (κ1) is 17.2. The van der Waals surface area contributed by atoms with Crippen molar-refractivity contribution in [2.24, 2.45) is 5.92 Å². The molecule has 0 amide bonds. The summed E-state index contributed by atoms with van der Waals surface area (Å²) in [6, 6.07) is 5.25. The number of aliphatic carboxylic acids is 1. The summed E-state index contributed by atoms with van der Waals surface area (Å²) in [5, 5.41) is 18.6. The number of Topliss-reactive ketones (excluding diaryl/α,β-unsaturated/α-hetero) is 1. The third-order valence-electron chi connectivity index (χ3n) is 3.34. The van der Waals surface area contributed by atoms with Gasteiger partial charge in [0.25, 0.3) is 0 Å². The van der Waals surface area contributed by atoms with Gasteiger partial charge in [-0.3, -0.25) is 9.59 Å². The van der Waals surface area contributed by atoms with Gasteiger partial charge in [0, 0.05) is 17.2 Å². The normalized spacial score (nSPS) is 12.1. The summed E-state index contributed by atoms with van der Waals surface area (Å²) < 4.78 is 11.5. The molecule has 2 aromatic rings. The number of rotatable bonds is 8. The number of fused-ring (bicyclic) bond motifs is 1. The van der Waals surface area contributed by atoms with Gasteiger partial charge in [-0.2, -0.15) is 0 Å². The van der Waals surface area contributed by atoms with E-state index in [1.807, 2.05) is 0 Å². The molecule has 0 aliphatic rings. The summed E-state index contributed by atoms with van der Waals surface area (Å²) in [5.41, 5.74) is 0. The minimum Gasteiger partial charge on any atom is -0.493 e. The first-order valence-corrected chi connectivity index (χ1v) is 7.89. The lowest BCUT2D eigenvalue weighted by Crippen LogP contribution is -2.13. The Bertz CT molecular complexity index is 721. The molecule has 23 heavy (non-hydrogen) atoms. The van der Waals surface area contributed by atoms with Crippen LogP contribution in [-0.4, -0.2) is 42.3 Å². The smallest absolute Gasteiger partial charge is 0.306 e. The van der Waals surface area contributed by atoms with Gasteiger partial charge in [0.15, 0.2) is 17.3 Å². The maximum Gasteiger partial charge on any atom is 0.306 e. The molecular formula is C16H18O6S. The van der Waals surface area contributed by atoms with Crippen LogP contribution in [0, 0.1) is 5.92 Å². The summed E-state index contributed by atoms with van der Waals surface area (Å²) in [7, 11) is 1.51. The van der Waals surface area contributed by atoms with Gasteiger partial charge in [0.1, 0.15) is 6.61 Å². The Labute approximate surface area is 137 Å². The Hall–Kier alpha value is -2.12. The van der Waals surface area contributed by atoms with Crippen molar-refractivity contribution >= 4 is 33.2 Å². The van der Waals surface area contributed by atoms with Crippen LogP contribution in [0.1, 0.15) is 23.0 Å². The highest BCUT2D eigenvalue weighted by Gasteiger charge is 2.19. The van der Waals surface area contributed by atoms with Gasteiger partial charge >= 0.3 is 5.97 Å². The fourth-order valence-electron chi connectivity index (χ4n) is 2.08. The second kappa shape index (κ2) is 7.43.